The van der Waals surface area contributed by atoms with Gasteiger partial charge in [-0.15, -0.1) is 0 Å². The number of amides is 1. The fraction of sp³-hybridized carbons (Fsp3) is 0.846. The van der Waals surface area contributed by atoms with Crippen molar-refractivity contribution in [1.29, 1.82) is 5.26 Å². The zero-order chi connectivity index (χ0) is 13.8. The molecular weight excluding hydrogens is 232 g/mol. The second kappa shape index (κ2) is 5.57. The molecule has 18 heavy (non-hydrogen) atoms. The number of hydrogen-bond acceptors (Lipinski definition) is 4. The highest BCUT2D eigenvalue weighted by atomic mass is 16.6. The molecule has 0 spiro atoms. The maximum Gasteiger partial charge on any atom is 0.410 e. The summed E-state index contributed by atoms with van der Waals surface area (Å²) in [5.74, 6) is 0. The first kappa shape index (κ1) is 14.8. The summed E-state index contributed by atoms with van der Waals surface area (Å²) in [5, 5.41) is 8.52. The van der Waals surface area contributed by atoms with Crippen LogP contribution in [0.5, 0.6) is 0 Å². The Kier molecular flexibility index (Phi) is 4.58. The van der Waals surface area contributed by atoms with Crippen molar-refractivity contribution in [3.05, 3.63) is 0 Å². The zero-order valence-electron chi connectivity index (χ0n) is 11.7. The Morgan fingerprint density at radius 2 is 1.94 bits per heavy atom. The monoisotopic (exact) mass is 254 g/mol. The summed E-state index contributed by atoms with van der Waals surface area (Å²) in [6.45, 7) is 8.87. The van der Waals surface area contributed by atoms with Crippen molar-refractivity contribution in [2.24, 2.45) is 0 Å². The molecule has 1 aliphatic rings. The van der Waals surface area contributed by atoms with Crippen molar-refractivity contribution < 1.29 is 14.3 Å². The van der Waals surface area contributed by atoms with Crippen molar-refractivity contribution in [3.63, 3.8) is 0 Å². The molecule has 0 bridgehead atoms. The van der Waals surface area contributed by atoms with Gasteiger partial charge in [-0.2, -0.15) is 5.26 Å². The third kappa shape index (κ3) is 4.53. The minimum absolute atomic E-state index is 0.100. The molecular formula is C13H22N2O3. The summed E-state index contributed by atoms with van der Waals surface area (Å²) < 4.78 is 10.8. The van der Waals surface area contributed by atoms with Gasteiger partial charge in [-0.25, -0.2) is 4.79 Å². The van der Waals surface area contributed by atoms with Crippen LogP contribution in [0.15, 0.2) is 0 Å². The molecule has 0 radical (unpaired) electrons. The van der Waals surface area contributed by atoms with Crippen LogP contribution < -0.4 is 0 Å². The van der Waals surface area contributed by atoms with Crippen LogP contribution in [0.3, 0.4) is 0 Å². The molecule has 1 saturated heterocycles. The molecule has 102 valence electrons. The molecule has 0 atom stereocenters. The Hall–Kier alpha value is -1.28. The summed E-state index contributed by atoms with van der Waals surface area (Å²) in [6.07, 6.45) is 1.19. The van der Waals surface area contributed by atoms with Gasteiger partial charge in [0.2, 0.25) is 0 Å². The minimum Gasteiger partial charge on any atom is -0.444 e. The Bertz CT molecular complexity index is 333. The molecule has 1 aliphatic heterocycles. The number of piperidine rings is 1. The van der Waals surface area contributed by atoms with Gasteiger partial charge in [0.05, 0.1) is 11.7 Å². The van der Waals surface area contributed by atoms with Gasteiger partial charge in [-0.1, -0.05) is 0 Å². The largest absolute Gasteiger partial charge is 0.444 e. The van der Waals surface area contributed by atoms with Crippen molar-refractivity contribution in [1.82, 2.24) is 4.90 Å². The molecule has 5 nitrogen and oxygen atoms in total. The van der Waals surface area contributed by atoms with E-state index in [0.29, 0.717) is 13.1 Å². The van der Waals surface area contributed by atoms with Gasteiger partial charge in [0, 0.05) is 13.1 Å². The van der Waals surface area contributed by atoms with E-state index >= 15 is 0 Å². The van der Waals surface area contributed by atoms with Crippen LogP contribution in [-0.4, -0.2) is 41.9 Å². The smallest absolute Gasteiger partial charge is 0.410 e. The molecule has 1 fully saturated rings. The zero-order valence-corrected chi connectivity index (χ0v) is 11.7. The standard InChI is InChI=1S/C13H22N2O3/c1-12(2,3)18-11(16)15-8-5-13(4,6-9-15)17-10-7-14/h5-6,8-10H2,1-4H3. The quantitative estimate of drug-likeness (QED) is 0.758. The third-order valence-electron chi connectivity index (χ3n) is 2.96. The summed E-state index contributed by atoms with van der Waals surface area (Å²) in [4.78, 5) is 13.5. The van der Waals surface area contributed by atoms with Gasteiger partial charge in [0.1, 0.15) is 12.2 Å². The summed E-state index contributed by atoms with van der Waals surface area (Å²) >= 11 is 0. The normalized spacial score (nSPS) is 19.2. The first-order valence-corrected chi connectivity index (χ1v) is 6.25. The van der Waals surface area contributed by atoms with Gasteiger partial charge < -0.3 is 14.4 Å². The molecule has 0 aromatic carbocycles. The summed E-state index contributed by atoms with van der Waals surface area (Å²) in [6, 6.07) is 1.98. The van der Waals surface area contributed by atoms with Gasteiger partial charge >= 0.3 is 6.09 Å². The number of ether oxygens (including phenoxy) is 2. The molecule has 0 aliphatic carbocycles. The van der Waals surface area contributed by atoms with Gasteiger partial charge in [0.15, 0.2) is 0 Å². The lowest BCUT2D eigenvalue weighted by atomic mass is 9.93. The van der Waals surface area contributed by atoms with Crippen molar-refractivity contribution >= 4 is 6.09 Å². The molecule has 1 amide bonds. The van der Waals surface area contributed by atoms with E-state index in [1.54, 1.807) is 4.90 Å². The lowest BCUT2D eigenvalue weighted by Crippen LogP contribution is -2.48. The molecule has 0 unspecified atom stereocenters. The SMILES string of the molecule is CC(C)(C)OC(=O)N1CCC(C)(OCC#N)CC1. The van der Waals surface area contributed by atoms with E-state index in [0.717, 1.165) is 12.8 Å². The topological polar surface area (TPSA) is 62.6 Å². The fourth-order valence-corrected chi connectivity index (χ4v) is 1.84. The minimum atomic E-state index is -0.463. The highest BCUT2D eigenvalue weighted by molar-refractivity contribution is 5.68. The van der Waals surface area contributed by atoms with Crippen molar-refractivity contribution in [2.75, 3.05) is 19.7 Å². The second-order valence-electron chi connectivity index (χ2n) is 5.86. The Morgan fingerprint density at radius 1 is 1.39 bits per heavy atom. The Balaban J connectivity index is 2.44. The third-order valence-corrected chi connectivity index (χ3v) is 2.96. The summed E-state index contributed by atoms with van der Waals surface area (Å²) in [5.41, 5.74) is -0.761. The molecule has 1 heterocycles. The molecule has 0 N–H and O–H groups in total. The number of carbonyl (C=O) groups excluding carboxylic acids is 1. The number of carbonyl (C=O) groups is 1. The van der Waals surface area contributed by atoms with Crippen LogP contribution in [0.4, 0.5) is 4.79 Å². The molecule has 0 saturated carbocycles. The fourth-order valence-electron chi connectivity index (χ4n) is 1.84. The molecule has 5 heteroatoms. The van der Waals surface area contributed by atoms with E-state index in [4.69, 9.17) is 14.7 Å². The molecule has 0 aromatic rings. The molecule has 1 rings (SSSR count). The first-order chi connectivity index (χ1) is 8.26. The second-order valence-corrected chi connectivity index (χ2v) is 5.86. The highest BCUT2D eigenvalue weighted by Gasteiger charge is 2.34. The van der Waals surface area contributed by atoms with Crippen LogP contribution in [0.25, 0.3) is 0 Å². The van der Waals surface area contributed by atoms with Crippen molar-refractivity contribution in [2.45, 2.75) is 51.7 Å². The lowest BCUT2D eigenvalue weighted by Gasteiger charge is -2.39. The lowest BCUT2D eigenvalue weighted by molar-refractivity contribution is -0.0605. The van der Waals surface area contributed by atoms with Gasteiger partial charge in [-0.05, 0) is 40.5 Å². The van der Waals surface area contributed by atoms with Crippen molar-refractivity contribution in [3.8, 4) is 6.07 Å². The Labute approximate surface area is 109 Å². The number of hydrogen-bond donors (Lipinski definition) is 0. The van der Waals surface area contributed by atoms with E-state index in [9.17, 15) is 4.79 Å². The van der Waals surface area contributed by atoms with E-state index in [1.165, 1.54) is 0 Å². The van der Waals surface area contributed by atoms with Crippen LogP contribution in [0, 0.1) is 11.3 Å². The molecule has 0 aromatic heterocycles. The van der Waals surface area contributed by atoms with E-state index in [-0.39, 0.29) is 18.3 Å². The van der Waals surface area contributed by atoms with E-state index in [2.05, 4.69) is 0 Å². The van der Waals surface area contributed by atoms with E-state index < -0.39 is 5.60 Å². The summed E-state index contributed by atoms with van der Waals surface area (Å²) in [7, 11) is 0. The maximum atomic E-state index is 11.8. The van der Waals surface area contributed by atoms with Crippen LogP contribution in [0.2, 0.25) is 0 Å². The van der Waals surface area contributed by atoms with Gasteiger partial charge in [-0.3, -0.25) is 0 Å². The predicted octanol–water partition coefficient (Wildman–Crippen LogP) is 2.32. The van der Waals surface area contributed by atoms with Crippen LogP contribution in [0.1, 0.15) is 40.5 Å². The predicted molar refractivity (Wildman–Crippen MR) is 67.0 cm³/mol. The Morgan fingerprint density at radius 3 is 2.39 bits per heavy atom. The average molecular weight is 254 g/mol. The van der Waals surface area contributed by atoms with E-state index in [1.807, 2.05) is 33.8 Å². The number of rotatable bonds is 2. The highest BCUT2D eigenvalue weighted by Crippen LogP contribution is 2.26. The average Bonchev–Trinajstić information content (AvgIpc) is 2.25. The van der Waals surface area contributed by atoms with Crippen LogP contribution in [-0.2, 0) is 9.47 Å². The van der Waals surface area contributed by atoms with Crippen LogP contribution >= 0.6 is 0 Å². The number of nitriles is 1. The van der Waals surface area contributed by atoms with Gasteiger partial charge in [0.25, 0.3) is 0 Å². The maximum absolute atomic E-state index is 11.8. The number of likely N-dealkylation sites (tertiary alicyclic amines) is 1. The number of nitrogens with zero attached hydrogens (tertiary/aromatic N) is 2. The first-order valence-electron chi connectivity index (χ1n) is 6.25.